The third-order valence-electron chi connectivity index (χ3n) is 5.16. The fraction of sp³-hybridized carbons (Fsp3) is 0.440. The van der Waals surface area contributed by atoms with Crippen molar-refractivity contribution in [2.45, 2.75) is 71.1 Å². The van der Waals surface area contributed by atoms with Gasteiger partial charge in [0.05, 0.1) is 0 Å². The van der Waals surface area contributed by atoms with E-state index in [1.165, 1.54) is 48.8 Å². The minimum atomic E-state index is 0.149. The lowest BCUT2D eigenvalue weighted by molar-refractivity contribution is 0.491. The molecule has 0 heteroatoms. The second-order valence-electron chi connectivity index (χ2n) is 7.52. The van der Waals surface area contributed by atoms with Gasteiger partial charge in [-0.25, -0.2) is 0 Å². The van der Waals surface area contributed by atoms with Crippen molar-refractivity contribution in [3.63, 3.8) is 0 Å². The molecule has 0 spiro atoms. The molecule has 0 bridgehead atoms. The zero-order chi connectivity index (χ0) is 18.0. The van der Waals surface area contributed by atoms with Crippen LogP contribution in [0.3, 0.4) is 0 Å². The van der Waals surface area contributed by atoms with Crippen LogP contribution < -0.4 is 0 Å². The predicted molar refractivity (Wildman–Crippen MR) is 111 cm³/mol. The average molecular weight is 335 g/mol. The van der Waals surface area contributed by atoms with Gasteiger partial charge in [0.2, 0.25) is 0 Å². The molecule has 0 fully saturated rings. The Hall–Kier alpha value is -1.82. The van der Waals surface area contributed by atoms with Crippen LogP contribution in [0.25, 0.3) is 0 Å². The van der Waals surface area contributed by atoms with Gasteiger partial charge >= 0.3 is 0 Å². The molecule has 25 heavy (non-hydrogen) atoms. The summed E-state index contributed by atoms with van der Waals surface area (Å²) in [5, 5.41) is 0. The van der Waals surface area contributed by atoms with Gasteiger partial charge in [0.25, 0.3) is 0 Å². The number of unbranched alkanes of at least 4 members (excludes halogenated alkanes) is 3. The van der Waals surface area contributed by atoms with E-state index >= 15 is 0 Å². The molecule has 0 amide bonds. The summed E-state index contributed by atoms with van der Waals surface area (Å²) >= 11 is 0. The topological polar surface area (TPSA) is 0 Å². The summed E-state index contributed by atoms with van der Waals surface area (Å²) in [6, 6.07) is 19.8. The zero-order valence-electron chi connectivity index (χ0n) is 16.3. The van der Waals surface area contributed by atoms with Gasteiger partial charge in [-0.1, -0.05) is 112 Å². The molecule has 0 heterocycles. The molecule has 2 rings (SSSR count). The second-order valence-corrected chi connectivity index (χ2v) is 7.52. The molecule has 0 N–H and O–H groups in total. The summed E-state index contributed by atoms with van der Waals surface area (Å²) in [4.78, 5) is 0. The first kappa shape index (κ1) is 19.5. The van der Waals surface area contributed by atoms with Crippen molar-refractivity contribution in [3.05, 3.63) is 83.4 Å². The predicted octanol–water partition coefficient (Wildman–Crippen LogP) is 7.41. The molecule has 0 saturated carbocycles. The van der Waals surface area contributed by atoms with E-state index in [2.05, 4.69) is 87.5 Å². The van der Waals surface area contributed by atoms with Gasteiger partial charge in [-0.3, -0.25) is 0 Å². The Morgan fingerprint density at radius 1 is 0.920 bits per heavy atom. The minimum Gasteiger partial charge on any atom is -0.0873 e. The van der Waals surface area contributed by atoms with Crippen LogP contribution in [0.2, 0.25) is 0 Å². The Morgan fingerprint density at radius 2 is 1.72 bits per heavy atom. The first-order chi connectivity index (χ1) is 12.1. The molecule has 0 aliphatic heterocycles. The maximum absolute atomic E-state index is 2.47. The van der Waals surface area contributed by atoms with Crippen LogP contribution in [-0.4, -0.2) is 0 Å². The van der Waals surface area contributed by atoms with Crippen molar-refractivity contribution >= 4 is 0 Å². The van der Waals surface area contributed by atoms with Crippen molar-refractivity contribution in [1.82, 2.24) is 0 Å². The highest BCUT2D eigenvalue weighted by molar-refractivity contribution is 5.33. The largest absolute Gasteiger partial charge is 0.0873 e. The summed E-state index contributed by atoms with van der Waals surface area (Å²) in [5.41, 5.74) is 4.39. The number of rotatable bonds is 10. The molecule has 0 radical (unpaired) electrons. The van der Waals surface area contributed by atoms with E-state index in [1.54, 1.807) is 0 Å². The Bertz CT molecular complexity index is 638. The number of benzene rings is 2. The third-order valence-corrected chi connectivity index (χ3v) is 5.16. The standard InChI is InChI=1S/C25H34/c1-4-5-6-11-19-25(3,24-18-13-14-22(2)21-24)20-12-10-17-23-15-8-7-9-16-23/h7-9,12-16,18,20-21H,4-6,10-11,17,19H2,1-3H3/b20-12+/t25-/m1/s1. The lowest BCUT2D eigenvalue weighted by Crippen LogP contribution is -2.19. The average Bonchev–Trinajstić information content (AvgIpc) is 2.63. The van der Waals surface area contributed by atoms with Gasteiger partial charge in [0.1, 0.15) is 0 Å². The van der Waals surface area contributed by atoms with Crippen molar-refractivity contribution in [2.75, 3.05) is 0 Å². The van der Waals surface area contributed by atoms with Gasteiger partial charge in [-0.2, -0.15) is 0 Å². The highest BCUT2D eigenvalue weighted by Gasteiger charge is 2.22. The van der Waals surface area contributed by atoms with Gasteiger partial charge in [0.15, 0.2) is 0 Å². The molecular weight excluding hydrogens is 300 g/mol. The van der Waals surface area contributed by atoms with Gasteiger partial charge in [-0.15, -0.1) is 0 Å². The number of allylic oxidation sites excluding steroid dienone is 2. The summed E-state index contributed by atoms with van der Waals surface area (Å²) in [7, 11) is 0. The van der Waals surface area contributed by atoms with E-state index in [0.29, 0.717) is 0 Å². The van der Waals surface area contributed by atoms with Crippen LogP contribution in [0.5, 0.6) is 0 Å². The summed E-state index contributed by atoms with van der Waals surface area (Å²) < 4.78 is 0. The van der Waals surface area contributed by atoms with Crippen LogP contribution in [0.15, 0.2) is 66.7 Å². The fourth-order valence-corrected chi connectivity index (χ4v) is 3.48. The molecule has 134 valence electrons. The molecule has 0 saturated heterocycles. The van der Waals surface area contributed by atoms with E-state index in [0.717, 1.165) is 12.8 Å². The molecule has 2 aromatic carbocycles. The molecule has 0 unspecified atom stereocenters. The monoisotopic (exact) mass is 334 g/mol. The minimum absolute atomic E-state index is 0.149. The molecule has 0 aliphatic rings. The van der Waals surface area contributed by atoms with Crippen molar-refractivity contribution in [1.29, 1.82) is 0 Å². The first-order valence-corrected chi connectivity index (χ1v) is 9.93. The van der Waals surface area contributed by atoms with Crippen molar-refractivity contribution in [3.8, 4) is 0 Å². The summed E-state index contributed by atoms with van der Waals surface area (Å²) in [5.74, 6) is 0. The smallest absolute Gasteiger partial charge is 0.0104 e. The molecular formula is C25H34. The Balaban J connectivity index is 2.03. The molecule has 2 aromatic rings. The Kier molecular flexibility index (Phi) is 7.98. The highest BCUT2D eigenvalue weighted by Crippen LogP contribution is 2.32. The van der Waals surface area contributed by atoms with Crippen molar-refractivity contribution in [2.24, 2.45) is 0 Å². The van der Waals surface area contributed by atoms with Crippen molar-refractivity contribution < 1.29 is 0 Å². The number of hydrogen-bond acceptors (Lipinski definition) is 0. The summed E-state index contributed by atoms with van der Waals surface area (Å²) in [6.07, 6.45) is 13.6. The third kappa shape index (κ3) is 6.53. The lowest BCUT2D eigenvalue weighted by atomic mass is 9.77. The number of aryl methyl sites for hydroxylation is 2. The van der Waals surface area contributed by atoms with Crippen LogP contribution >= 0.6 is 0 Å². The first-order valence-electron chi connectivity index (χ1n) is 9.93. The van der Waals surface area contributed by atoms with Gasteiger partial charge < -0.3 is 0 Å². The Morgan fingerprint density at radius 3 is 2.44 bits per heavy atom. The fourth-order valence-electron chi connectivity index (χ4n) is 3.48. The maximum atomic E-state index is 2.47. The van der Waals surface area contributed by atoms with Gasteiger partial charge in [-0.05, 0) is 37.3 Å². The molecule has 0 nitrogen and oxygen atoms in total. The summed E-state index contributed by atoms with van der Waals surface area (Å²) in [6.45, 7) is 6.89. The normalized spacial score (nSPS) is 13.9. The molecule has 0 aliphatic carbocycles. The van der Waals surface area contributed by atoms with Crippen LogP contribution in [0.1, 0.15) is 69.1 Å². The lowest BCUT2D eigenvalue weighted by Gasteiger charge is -2.27. The van der Waals surface area contributed by atoms with E-state index in [-0.39, 0.29) is 5.41 Å². The van der Waals surface area contributed by atoms with E-state index in [9.17, 15) is 0 Å². The van der Waals surface area contributed by atoms with Crippen LogP contribution in [0, 0.1) is 6.92 Å². The zero-order valence-corrected chi connectivity index (χ0v) is 16.3. The van der Waals surface area contributed by atoms with Crippen LogP contribution in [0.4, 0.5) is 0 Å². The second kappa shape index (κ2) is 10.2. The maximum Gasteiger partial charge on any atom is 0.0104 e. The van der Waals surface area contributed by atoms with E-state index in [4.69, 9.17) is 0 Å². The quantitative estimate of drug-likeness (QED) is 0.313. The van der Waals surface area contributed by atoms with E-state index < -0.39 is 0 Å². The van der Waals surface area contributed by atoms with E-state index in [1.807, 2.05) is 0 Å². The Labute approximate surface area is 155 Å². The number of hydrogen-bond donors (Lipinski definition) is 0. The van der Waals surface area contributed by atoms with Crippen LogP contribution in [-0.2, 0) is 11.8 Å². The molecule has 1 atom stereocenters. The molecule has 0 aromatic heterocycles. The highest BCUT2D eigenvalue weighted by atomic mass is 14.3. The van der Waals surface area contributed by atoms with Gasteiger partial charge in [0, 0.05) is 5.41 Å². The SMILES string of the molecule is CCCCCC[C@](C)(/C=C/CCc1ccccc1)c1cccc(C)c1.